The fraction of sp³-hybridized carbons (Fsp3) is 0. The van der Waals surface area contributed by atoms with Gasteiger partial charge in [0.1, 0.15) is 5.03 Å². The van der Waals surface area contributed by atoms with Crippen molar-refractivity contribution in [2.45, 2.75) is 10.1 Å². The van der Waals surface area contributed by atoms with Gasteiger partial charge in [0.15, 0.2) is 0 Å². The summed E-state index contributed by atoms with van der Waals surface area (Å²) in [7, 11) is -1.87. The lowest BCUT2D eigenvalue weighted by molar-refractivity contribution is 0.278. The van der Waals surface area contributed by atoms with Crippen molar-refractivity contribution in [1.29, 1.82) is 0 Å². The molecule has 0 bridgehead atoms. The predicted octanol–water partition coefficient (Wildman–Crippen LogP) is -0.368. The molecule has 15 heavy (non-hydrogen) atoms. The monoisotopic (exact) mass is 226 g/mol. The number of nitrogens with zero attached hydrogens (tertiary/aromatic N) is 2. The Morgan fingerprint density at radius 2 is 2.27 bits per heavy atom. The second kappa shape index (κ2) is 4.38. The Balaban J connectivity index is 2.01. The molecule has 0 saturated heterocycles. The van der Waals surface area contributed by atoms with Crippen molar-refractivity contribution in [3.05, 3.63) is 18.5 Å². The van der Waals surface area contributed by atoms with Crippen molar-refractivity contribution in [1.82, 2.24) is 20.2 Å². The zero-order chi connectivity index (χ0) is 10.7. The van der Waals surface area contributed by atoms with Crippen molar-refractivity contribution in [2.24, 2.45) is 0 Å². The summed E-state index contributed by atoms with van der Waals surface area (Å²) >= 11 is 1.36. The van der Waals surface area contributed by atoms with Crippen LogP contribution in [0.25, 0.3) is 0 Å². The first-order valence-corrected chi connectivity index (χ1v) is 4.81. The molecule has 0 atom stereocenters. The summed E-state index contributed by atoms with van der Waals surface area (Å²) in [5.41, 5.74) is 0. The number of hydrogen-bond donors (Lipinski definition) is 4. The summed E-state index contributed by atoms with van der Waals surface area (Å²) in [5, 5.41) is 25.1. The zero-order valence-electron chi connectivity index (χ0n) is 7.41. The van der Waals surface area contributed by atoms with Crippen LogP contribution in [0, 0.1) is 0 Å². The van der Waals surface area contributed by atoms with E-state index in [1.165, 1.54) is 18.0 Å². The highest BCUT2D eigenvalue weighted by molar-refractivity contribution is 7.99. The van der Waals surface area contributed by atoms with Gasteiger partial charge in [-0.1, -0.05) is 11.8 Å². The van der Waals surface area contributed by atoms with E-state index >= 15 is 0 Å². The molecule has 0 radical (unpaired) electrons. The smallest absolute Gasteiger partial charge is 0.484 e. The van der Waals surface area contributed by atoms with Crippen LogP contribution >= 0.6 is 11.8 Å². The summed E-state index contributed by atoms with van der Waals surface area (Å²) in [6, 6.07) is 1.85. The molecule has 2 aromatic rings. The normalized spacial score (nSPS) is 10.3. The molecule has 0 amide bonds. The second-order valence-electron chi connectivity index (χ2n) is 2.52. The van der Waals surface area contributed by atoms with Crippen molar-refractivity contribution < 1.29 is 14.7 Å². The third kappa shape index (κ3) is 2.75. The van der Waals surface area contributed by atoms with Crippen molar-refractivity contribution in [2.75, 3.05) is 0 Å². The van der Waals surface area contributed by atoms with E-state index in [0.29, 0.717) is 5.03 Å². The summed E-state index contributed by atoms with van der Waals surface area (Å²) in [6.45, 7) is 0. The SMILES string of the molecule is OB(O)Oc1ncc(Sc2ccn[nH]2)[nH]1. The molecule has 7 nitrogen and oxygen atoms in total. The molecule has 0 aliphatic rings. The number of aromatic amines is 2. The Kier molecular flexibility index (Phi) is 2.95. The van der Waals surface area contributed by atoms with Gasteiger partial charge in [-0.2, -0.15) is 5.10 Å². The summed E-state index contributed by atoms with van der Waals surface area (Å²) in [5.74, 6) is 0. The molecule has 0 fully saturated rings. The lowest BCUT2D eigenvalue weighted by Gasteiger charge is -1.97. The molecule has 2 rings (SSSR count). The third-order valence-corrected chi connectivity index (χ3v) is 2.32. The van der Waals surface area contributed by atoms with Crippen molar-refractivity contribution >= 4 is 19.1 Å². The topological polar surface area (TPSA) is 107 Å². The van der Waals surface area contributed by atoms with E-state index in [-0.39, 0.29) is 6.01 Å². The number of hydrogen-bond acceptors (Lipinski definition) is 6. The van der Waals surface area contributed by atoms with E-state index in [1.807, 2.05) is 0 Å². The van der Waals surface area contributed by atoms with Gasteiger partial charge >= 0.3 is 7.32 Å². The first-order chi connectivity index (χ1) is 7.24. The molecule has 0 aromatic carbocycles. The van der Waals surface area contributed by atoms with Crippen LogP contribution in [0.15, 0.2) is 28.5 Å². The highest BCUT2D eigenvalue weighted by Crippen LogP contribution is 2.24. The van der Waals surface area contributed by atoms with Crippen LogP contribution in [0.1, 0.15) is 0 Å². The highest BCUT2D eigenvalue weighted by atomic mass is 32.2. The number of rotatable bonds is 4. The molecule has 2 aromatic heterocycles. The lowest BCUT2D eigenvalue weighted by Crippen LogP contribution is -2.21. The van der Waals surface area contributed by atoms with Crippen molar-refractivity contribution in [3.8, 4) is 6.01 Å². The number of H-pyrrole nitrogens is 2. The minimum atomic E-state index is -1.87. The van der Waals surface area contributed by atoms with Crippen LogP contribution in [-0.4, -0.2) is 37.5 Å². The highest BCUT2D eigenvalue weighted by Gasteiger charge is 2.13. The third-order valence-electron chi connectivity index (χ3n) is 1.44. The van der Waals surface area contributed by atoms with Crippen LogP contribution in [0.2, 0.25) is 0 Å². The minimum Gasteiger partial charge on any atom is -0.484 e. The van der Waals surface area contributed by atoms with E-state index in [0.717, 1.165) is 5.03 Å². The molecule has 0 unspecified atom stereocenters. The quantitative estimate of drug-likeness (QED) is 0.530. The van der Waals surface area contributed by atoms with Gasteiger partial charge < -0.3 is 19.7 Å². The van der Waals surface area contributed by atoms with Gasteiger partial charge in [0, 0.05) is 6.20 Å². The molecule has 9 heteroatoms. The predicted molar refractivity (Wildman–Crippen MR) is 52.1 cm³/mol. The molecule has 78 valence electrons. The Labute approximate surface area is 89.1 Å². The average Bonchev–Trinajstić information content (AvgIpc) is 2.77. The Morgan fingerprint density at radius 1 is 1.40 bits per heavy atom. The molecule has 0 aliphatic heterocycles. The molecular formula is C6H7BN4O3S. The minimum absolute atomic E-state index is 0.0482. The van der Waals surface area contributed by atoms with E-state index in [2.05, 4.69) is 24.8 Å². The molecule has 0 spiro atoms. The molecule has 2 heterocycles. The number of aromatic nitrogens is 4. The summed E-state index contributed by atoms with van der Waals surface area (Å²) in [6.07, 6.45) is 3.15. The standard InChI is InChI=1S/C6H7BN4O3S/c12-7(13)14-6-8-3-5(10-6)15-4-1-2-9-11-4/h1-3,12-13H,(H,8,10)(H,9,11). The van der Waals surface area contributed by atoms with Crippen LogP contribution in [0.3, 0.4) is 0 Å². The van der Waals surface area contributed by atoms with Crippen LogP contribution in [0.5, 0.6) is 6.01 Å². The van der Waals surface area contributed by atoms with Crippen LogP contribution < -0.4 is 4.65 Å². The van der Waals surface area contributed by atoms with Gasteiger partial charge in [-0.15, -0.1) is 0 Å². The molecule has 0 aliphatic carbocycles. The van der Waals surface area contributed by atoms with E-state index < -0.39 is 7.32 Å². The molecule has 4 N–H and O–H groups in total. The average molecular weight is 226 g/mol. The largest absolute Gasteiger partial charge is 0.709 e. The van der Waals surface area contributed by atoms with Crippen molar-refractivity contribution in [3.63, 3.8) is 0 Å². The van der Waals surface area contributed by atoms with Crippen LogP contribution in [0.4, 0.5) is 0 Å². The second-order valence-corrected chi connectivity index (χ2v) is 3.60. The zero-order valence-corrected chi connectivity index (χ0v) is 8.23. The Hall–Kier alpha value is -1.45. The Morgan fingerprint density at radius 3 is 2.93 bits per heavy atom. The van der Waals surface area contributed by atoms with Gasteiger partial charge in [-0.05, 0) is 6.07 Å². The van der Waals surface area contributed by atoms with E-state index in [4.69, 9.17) is 10.0 Å². The van der Waals surface area contributed by atoms with E-state index in [9.17, 15) is 0 Å². The maximum absolute atomic E-state index is 8.52. The van der Waals surface area contributed by atoms with Gasteiger partial charge in [0.05, 0.1) is 11.2 Å². The summed E-state index contributed by atoms with van der Waals surface area (Å²) in [4.78, 5) is 6.53. The number of imidazole rings is 1. The fourth-order valence-corrected chi connectivity index (χ4v) is 1.63. The van der Waals surface area contributed by atoms with Crippen LogP contribution in [-0.2, 0) is 0 Å². The Bertz CT molecular complexity index is 418. The number of nitrogens with one attached hydrogen (secondary N) is 2. The van der Waals surface area contributed by atoms with Gasteiger partial charge in [0.2, 0.25) is 0 Å². The maximum Gasteiger partial charge on any atom is 0.709 e. The first-order valence-electron chi connectivity index (χ1n) is 3.99. The van der Waals surface area contributed by atoms with Gasteiger partial charge in [-0.25, -0.2) is 4.98 Å². The summed E-state index contributed by atoms with van der Waals surface area (Å²) < 4.78 is 4.52. The molecular weight excluding hydrogens is 219 g/mol. The fourth-order valence-electron chi connectivity index (χ4n) is 0.917. The van der Waals surface area contributed by atoms with Gasteiger partial charge in [-0.3, -0.25) is 5.10 Å². The van der Waals surface area contributed by atoms with Gasteiger partial charge in [0.25, 0.3) is 6.01 Å². The lowest BCUT2D eigenvalue weighted by atomic mass is 10.3. The van der Waals surface area contributed by atoms with E-state index in [1.54, 1.807) is 12.3 Å². The molecule has 0 saturated carbocycles. The maximum atomic E-state index is 8.52. The first kappa shape index (κ1) is 10.1.